The molecule has 10 nitrogen and oxygen atoms in total. The highest BCUT2D eigenvalue weighted by molar-refractivity contribution is 5.72. The van der Waals surface area contributed by atoms with Gasteiger partial charge in [-0.15, -0.1) is 10.2 Å². The molecular weight excluding hydrogens is 607 g/mol. The zero-order chi connectivity index (χ0) is 32.6. The molecule has 2 spiro atoms. The van der Waals surface area contributed by atoms with Gasteiger partial charge in [-0.05, 0) is 79.7 Å². The first-order chi connectivity index (χ1) is 23.3. The van der Waals surface area contributed by atoms with E-state index in [1.54, 1.807) is 6.07 Å². The lowest BCUT2D eigenvalue weighted by molar-refractivity contribution is -0.210. The van der Waals surface area contributed by atoms with E-state index in [0.29, 0.717) is 57.6 Å². The van der Waals surface area contributed by atoms with Gasteiger partial charge in [-0.25, -0.2) is 9.37 Å². The molecule has 2 aromatic heterocycles. The van der Waals surface area contributed by atoms with Gasteiger partial charge in [-0.1, -0.05) is 13.8 Å². The predicted molar refractivity (Wildman–Crippen MR) is 177 cm³/mol. The van der Waals surface area contributed by atoms with E-state index in [2.05, 4.69) is 54.8 Å². The molecule has 48 heavy (non-hydrogen) atoms. The molecule has 4 aliphatic heterocycles. The number of pyridine rings is 1. The van der Waals surface area contributed by atoms with E-state index in [-0.39, 0.29) is 11.2 Å². The molecule has 2 saturated carbocycles. The molecular formula is C37H43FN8O2. The van der Waals surface area contributed by atoms with Gasteiger partial charge in [0.2, 0.25) is 0 Å². The predicted octanol–water partition coefficient (Wildman–Crippen LogP) is 5.26. The molecule has 3 aromatic rings. The Hall–Kier alpha value is -3.72. The molecule has 0 N–H and O–H groups in total. The van der Waals surface area contributed by atoms with Crippen molar-refractivity contribution in [1.29, 1.82) is 5.26 Å². The van der Waals surface area contributed by atoms with E-state index in [9.17, 15) is 9.65 Å². The summed E-state index contributed by atoms with van der Waals surface area (Å²) < 4.78 is 26.6. The molecule has 1 aromatic carbocycles. The van der Waals surface area contributed by atoms with Crippen LogP contribution in [0.3, 0.4) is 0 Å². The zero-order valence-corrected chi connectivity index (χ0v) is 27.8. The minimum Gasteiger partial charge on any atom is -0.434 e. The van der Waals surface area contributed by atoms with Gasteiger partial charge in [-0.3, -0.25) is 14.8 Å². The van der Waals surface area contributed by atoms with Gasteiger partial charge in [0.1, 0.15) is 24.0 Å². The SMILES string of the molecule is CC(C)[C@H](C1CC(N2CC3(COC3)C2)C1)N1CC2(CCN(c3ncnnc3Oc3ccc(F)cc3-c3ncc(C#N)cc3C3CC3)C2)C1. The van der Waals surface area contributed by atoms with Crippen molar-refractivity contribution in [2.45, 2.75) is 64.0 Å². The number of nitrogens with zero attached hydrogens (tertiary/aromatic N) is 8. The van der Waals surface area contributed by atoms with E-state index < -0.39 is 0 Å². The lowest BCUT2D eigenvalue weighted by Crippen LogP contribution is -2.71. The average molecular weight is 651 g/mol. The molecule has 9 rings (SSSR count). The molecule has 1 atom stereocenters. The Balaban J connectivity index is 0.882. The second kappa shape index (κ2) is 11.4. The van der Waals surface area contributed by atoms with Crippen LogP contribution in [0.4, 0.5) is 10.2 Å². The highest BCUT2D eigenvalue weighted by Crippen LogP contribution is 2.51. The number of aromatic nitrogens is 4. The van der Waals surface area contributed by atoms with Crippen molar-refractivity contribution >= 4 is 5.82 Å². The summed E-state index contributed by atoms with van der Waals surface area (Å²) in [6.07, 6.45) is 8.81. The summed E-state index contributed by atoms with van der Waals surface area (Å²) in [6.45, 7) is 13.2. The number of hydrogen-bond donors (Lipinski definition) is 0. The molecule has 0 radical (unpaired) electrons. The summed E-state index contributed by atoms with van der Waals surface area (Å²) in [5, 5.41) is 17.9. The van der Waals surface area contributed by atoms with Gasteiger partial charge in [0.25, 0.3) is 5.88 Å². The minimum absolute atomic E-state index is 0.235. The van der Waals surface area contributed by atoms with Crippen LogP contribution in [0.2, 0.25) is 0 Å². The summed E-state index contributed by atoms with van der Waals surface area (Å²) in [7, 11) is 0. The third-order valence-corrected chi connectivity index (χ3v) is 12.0. The van der Waals surface area contributed by atoms with Crippen LogP contribution < -0.4 is 9.64 Å². The maximum absolute atomic E-state index is 14.7. The monoisotopic (exact) mass is 650 g/mol. The second-order valence-corrected chi connectivity index (χ2v) is 16.0. The largest absolute Gasteiger partial charge is 0.434 e. The molecule has 6 heterocycles. The van der Waals surface area contributed by atoms with Crippen molar-refractivity contribution in [1.82, 2.24) is 30.0 Å². The first-order valence-corrected chi connectivity index (χ1v) is 17.7. The van der Waals surface area contributed by atoms with Crippen molar-refractivity contribution in [3.8, 4) is 29.0 Å². The summed E-state index contributed by atoms with van der Waals surface area (Å²) in [5.41, 5.74) is 3.35. The Bertz CT molecular complexity index is 1750. The van der Waals surface area contributed by atoms with Crippen LogP contribution in [-0.2, 0) is 4.74 Å². The third-order valence-electron chi connectivity index (χ3n) is 12.0. The smallest absolute Gasteiger partial charge is 0.282 e. The van der Waals surface area contributed by atoms with Crippen LogP contribution in [-0.4, -0.2) is 94.5 Å². The lowest BCUT2D eigenvalue weighted by Gasteiger charge is -2.62. The van der Waals surface area contributed by atoms with Gasteiger partial charge < -0.3 is 14.4 Å². The molecule has 6 fully saturated rings. The Morgan fingerprint density at radius 1 is 1.04 bits per heavy atom. The molecule has 0 bridgehead atoms. The van der Waals surface area contributed by atoms with Gasteiger partial charge in [-0.2, -0.15) is 5.26 Å². The van der Waals surface area contributed by atoms with Crippen molar-refractivity contribution in [3.05, 3.63) is 53.7 Å². The Morgan fingerprint density at radius 2 is 1.85 bits per heavy atom. The van der Waals surface area contributed by atoms with Crippen LogP contribution in [0, 0.1) is 39.8 Å². The normalized spacial score (nSPS) is 26.4. The van der Waals surface area contributed by atoms with Gasteiger partial charge >= 0.3 is 0 Å². The van der Waals surface area contributed by atoms with Crippen molar-refractivity contribution in [2.75, 3.05) is 57.4 Å². The Labute approximate surface area is 281 Å². The number of benzene rings is 1. The Morgan fingerprint density at radius 3 is 2.56 bits per heavy atom. The molecule has 2 aliphatic carbocycles. The van der Waals surface area contributed by atoms with E-state index in [4.69, 9.17) is 9.47 Å². The van der Waals surface area contributed by atoms with Crippen LogP contribution in [0.25, 0.3) is 11.3 Å². The fourth-order valence-electron chi connectivity index (χ4n) is 9.41. The maximum atomic E-state index is 14.7. The first-order valence-electron chi connectivity index (χ1n) is 17.7. The summed E-state index contributed by atoms with van der Waals surface area (Å²) in [6, 6.07) is 9.90. The van der Waals surface area contributed by atoms with Gasteiger partial charge in [0, 0.05) is 73.9 Å². The molecule has 6 aliphatic rings. The number of rotatable bonds is 9. The van der Waals surface area contributed by atoms with E-state index in [0.717, 1.165) is 76.2 Å². The number of halogens is 1. The second-order valence-electron chi connectivity index (χ2n) is 16.0. The molecule has 0 unspecified atom stereocenters. The molecule has 250 valence electrons. The molecule has 4 saturated heterocycles. The number of anilines is 1. The van der Waals surface area contributed by atoms with Crippen molar-refractivity contribution in [3.63, 3.8) is 0 Å². The molecule has 11 heteroatoms. The lowest BCUT2D eigenvalue weighted by atomic mass is 9.66. The van der Waals surface area contributed by atoms with Crippen molar-refractivity contribution in [2.24, 2.45) is 22.7 Å². The Kier molecular flexibility index (Phi) is 7.23. The number of hydrogen-bond acceptors (Lipinski definition) is 10. The maximum Gasteiger partial charge on any atom is 0.282 e. The standard InChI is InChI=1S/C37H43FN8O2/c1-23(2)33(26-10-28(11-26)45-18-37(19-45)20-47-21-37)46-16-36(17-46)7-8-44(15-36)34-35(43-42-22-41-34)48-31-6-5-27(38)12-30(31)32-29(25-3-4-25)9-24(13-39)14-40-32/h5-6,9,12,14,22-23,25-26,28,33H,3-4,7-8,10-11,15-21H2,1-2H3/t26?,28?,33-/m1/s1. The minimum atomic E-state index is -0.381. The molecule has 0 amide bonds. The van der Waals surface area contributed by atoms with Crippen LogP contribution in [0.15, 0.2) is 36.8 Å². The van der Waals surface area contributed by atoms with E-state index >= 15 is 0 Å². The van der Waals surface area contributed by atoms with Crippen LogP contribution in [0.5, 0.6) is 11.6 Å². The fraction of sp³-hybridized carbons (Fsp3) is 0.595. The van der Waals surface area contributed by atoms with Crippen LogP contribution in [0.1, 0.15) is 63.0 Å². The van der Waals surface area contributed by atoms with Gasteiger partial charge in [0.05, 0.1) is 24.5 Å². The highest BCUT2D eigenvalue weighted by atomic mass is 19.1. The number of likely N-dealkylation sites (tertiary alicyclic amines) is 2. The topological polar surface area (TPSA) is 104 Å². The summed E-state index contributed by atoms with van der Waals surface area (Å²) in [5.74, 6) is 2.75. The van der Waals surface area contributed by atoms with E-state index in [1.807, 2.05) is 6.07 Å². The summed E-state index contributed by atoms with van der Waals surface area (Å²) >= 11 is 0. The van der Waals surface area contributed by atoms with Crippen molar-refractivity contribution < 1.29 is 13.9 Å². The number of ether oxygens (including phenoxy) is 2. The quantitative estimate of drug-likeness (QED) is 0.305. The zero-order valence-electron chi connectivity index (χ0n) is 27.8. The van der Waals surface area contributed by atoms with Crippen LogP contribution >= 0.6 is 0 Å². The first kappa shape index (κ1) is 30.3. The van der Waals surface area contributed by atoms with E-state index in [1.165, 1.54) is 50.6 Å². The average Bonchev–Trinajstić information content (AvgIpc) is 3.76. The third kappa shape index (κ3) is 5.24. The number of nitriles is 1. The highest BCUT2D eigenvalue weighted by Gasteiger charge is 2.56. The van der Waals surface area contributed by atoms with Gasteiger partial charge in [0.15, 0.2) is 5.82 Å². The fourth-order valence-corrected chi connectivity index (χ4v) is 9.41. The summed E-state index contributed by atoms with van der Waals surface area (Å²) in [4.78, 5) is 17.0.